The first-order valence-electron chi connectivity index (χ1n) is 6.36. The predicted molar refractivity (Wildman–Crippen MR) is 69.1 cm³/mol. The van der Waals surface area contributed by atoms with Crippen LogP contribution in [0.15, 0.2) is 22.7 Å². The average Bonchev–Trinajstić information content (AvgIpc) is 3.08. The molecule has 4 nitrogen and oxygen atoms in total. The van der Waals surface area contributed by atoms with Gasteiger partial charge in [-0.25, -0.2) is 0 Å². The van der Waals surface area contributed by atoms with Crippen molar-refractivity contribution in [2.75, 3.05) is 0 Å². The normalized spacial score (nSPS) is 15.0. The van der Waals surface area contributed by atoms with Crippen molar-refractivity contribution < 1.29 is 4.52 Å². The first-order valence-corrected chi connectivity index (χ1v) is 6.36. The smallest absolute Gasteiger partial charge is 0.258 e. The molecule has 0 bridgehead atoms. The third-order valence-corrected chi connectivity index (χ3v) is 3.43. The van der Waals surface area contributed by atoms with E-state index >= 15 is 0 Å². The maximum Gasteiger partial charge on any atom is 0.258 e. The van der Waals surface area contributed by atoms with Crippen LogP contribution < -0.4 is 5.32 Å². The monoisotopic (exact) mass is 243 g/mol. The molecule has 18 heavy (non-hydrogen) atoms. The van der Waals surface area contributed by atoms with Gasteiger partial charge in [0.25, 0.3) is 5.89 Å². The predicted octanol–water partition coefficient (Wildman–Crippen LogP) is 2.61. The van der Waals surface area contributed by atoms with Gasteiger partial charge in [0.2, 0.25) is 0 Å². The van der Waals surface area contributed by atoms with Crippen molar-refractivity contribution >= 4 is 0 Å². The minimum absolute atomic E-state index is 0.615. The van der Waals surface area contributed by atoms with E-state index in [-0.39, 0.29) is 0 Å². The lowest BCUT2D eigenvalue weighted by molar-refractivity contribution is 0.419. The summed E-state index contributed by atoms with van der Waals surface area (Å²) in [6.45, 7) is 4.86. The summed E-state index contributed by atoms with van der Waals surface area (Å²) in [4.78, 5) is 4.44. The molecular weight excluding hydrogens is 226 g/mol. The second kappa shape index (κ2) is 4.53. The lowest BCUT2D eigenvalue weighted by Crippen LogP contribution is -2.16. The summed E-state index contributed by atoms with van der Waals surface area (Å²) >= 11 is 0. The van der Waals surface area contributed by atoms with Crippen LogP contribution in [0.5, 0.6) is 0 Å². The Morgan fingerprint density at radius 3 is 2.94 bits per heavy atom. The Labute approximate surface area is 106 Å². The van der Waals surface area contributed by atoms with Gasteiger partial charge in [-0.3, -0.25) is 0 Å². The van der Waals surface area contributed by atoms with Gasteiger partial charge in [0.1, 0.15) is 0 Å². The van der Waals surface area contributed by atoms with E-state index in [0.717, 1.165) is 11.4 Å². The third kappa shape index (κ3) is 2.29. The molecule has 1 saturated carbocycles. The van der Waals surface area contributed by atoms with E-state index in [1.54, 1.807) is 0 Å². The highest BCUT2D eigenvalue weighted by Crippen LogP contribution is 2.24. The van der Waals surface area contributed by atoms with Crippen LogP contribution >= 0.6 is 0 Å². The fourth-order valence-electron chi connectivity index (χ4n) is 1.94. The highest BCUT2D eigenvalue weighted by molar-refractivity contribution is 5.59. The van der Waals surface area contributed by atoms with Gasteiger partial charge in [-0.05, 0) is 43.9 Å². The fraction of sp³-hybridized carbons (Fsp3) is 0.429. The lowest BCUT2D eigenvalue weighted by atomic mass is 10.0. The zero-order chi connectivity index (χ0) is 12.5. The van der Waals surface area contributed by atoms with Crippen molar-refractivity contribution in [1.29, 1.82) is 0 Å². The molecule has 0 radical (unpaired) electrons. The van der Waals surface area contributed by atoms with Gasteiger partial charge in [0, 0.05) is 11.6 Å². The number of hydrogen-bond donors (Lipinski definition) is 1. The number of rotatable bonds is 4. The van der Waals surface area contributed by atoms with Crippen molar-refractivity contribution in [2.24, 2.45) is 0 Å². The molecule has 0 saturated heterocycles. The van der Waals surface area contributed by atoms with Gasteiger partial charge in [-0.2, -0.15) is 4.98 Å². The summed E-state index contributed by atoms with van der Waals surface area (Å²) in [5.74, 6) is 1.35. The molecule has 1 fully saturated rings. The molecule has 0 amide bonds. The molecule has 1 heterocycles. The average molecular weight is 243 g/mol. The van der Waals surface area contributed by atoms with E-state index in [2.05, 4.69) is 35.4 Å². The molecule has 0 atom stereocenters. The molecule has 1 N–H and O–H groups in total. The van der Waals surface area contributed by atoms with Crippen LogP contribution in [0.25, 0.3) is 11.5 Å². The number of nitrogens with one attached hydrogen (secondary N) is 1. The molecule has 94 valence electrons. The van der Waals surface area contributed by atoms with Gasteiger partial charge >= 0.3 is 0 Å². The zero-order valence-electron chi connectivity index (χ0n) is 10.7. The SMILES string of the molecule is Cc1cccc(-c2nc(CNC3CC3)no2)c1C. The van der Waals surface area contributed by atoms with E-state index in [4.69, 9.17) is 4.52 Å². The maximum absolute atomic E-state index is 5.34. The molecule has 1 aromatic heterocycles. The van der Waals surface area contributed by atoms with Crippen molar-refractivity contribution in [3.8, 4) is 11.5 Å². The van der Waals surface area contributed by atoms with Crippen molar-refractivity contribution in [3.05, 3.63) is 35.2 Å². The highest BCUT2D eigenvalue weighted by atomic mass is 16.5. The quantitative estimate of drug-likeness (QED) is 0.896. The van der Waals surface area contributed by atoms with E-state index in [1.165, 1.54) is 24.0 Å². The standard InChI is InChI=1S/C14H17N3O/c1-9-4-3-5-12(10(9)2)14-16-13(17-18-14)8-15-11-6-7-11/h3-5,11,15H,6-8H2,1-2H3. The topological polar surface area (TPSA) is 51.0 Å². The lowest BCUT2D eigenvalue weighted by Gasteiger charge is -2.03. The second-order valence-electron chi connectivity index (χ2n) is 4.92. The molecule has 0 unspecified atom stereocenters. The summed E-state index contributed by atoms with van der Waals surface area (Å²) in [6, 6.07) is 6.79. The molecule has 2 aromatic rings. The Kier molecular flexibility index (Phi) is 2.88. The maximum atomic E-state index is 5.34. The minimum atomic E-state index is 0.615. The largest absolute Gasteiger partial charge is 0.334 e. The van der Waals surface area contributed by atoms with Crippen molar-refractivity contribution in [3.63, 3.8) is 0 Å². The number of aromatic nitrogens is 2. The molecule has 0 spiro atoms. The fourth-order valence-corrected chi connectivity index (χ4v) is 1.94. The van der Waals surface area contributed by atoms with Crippen LogP contribution in [0.2, 0.25) is 0 Å². The van der Waals surface area contributed by atoms with E-state index < -0.39 is 0 Å². The number of benzene rings is 1. The Morgan fingerprint density at radius 1 is 1.33 bits per heavy atom. The van der Waals surface area contributed by atoms with Gasteiger partial charge in [0.15, 0.2) is 5.82 Å². The van der Waals surface area contributed by atoms with Crippen molar-refractivity contribution in [2.45, 2.75) is 39.3 Å². The molecule has 1 aliphatic rings. The molecule has 0 aliphatic heterocycles. The van der Waals surface area contributed by atoms with Crippen LogP contribution in [0.3, 0.4) is 0 Å². The van der Waals surface area contributed by atoms with Crippen LogP contribution in [-0.4, -0.2) is 16.2 Å². The van der Waals surface area contributed by atoms with Gasteiger partial charge in [-0.15, -0.1) is 0 Å². The van der Waals surface area contributed by atoms with Crippen molar-refractivity contribution in [1.82, 2.24) is 15.5 Å². The second-order valence-corrected chi connectivity index (χ2v) is 4.92. The Hall–Kier alpha value is -1.68. The number of aryl methyl sites for hydroxylation is 1. The van der Waals surface area contributed by atoms with Gasteiger partial charge in [0.05, 0.1) is 6.54 Å². The molecular formula is C14H17N3O. The summed E-state index contributed by atoms with van der Waals surface area (Å²) in [7, 11) is 0. The summed E-state index contributed by atoms with van der Waals surface area (Å²) in [5, 5.41) is 7.39. The zero-order valence-corrected chi connectivity index (χ0v) is 10.7. The van der Waals surface area contributed by atoms with E-state index in [0.29, 0.717) is 18.5 Å². The minimum Gasteiger partial charge on any atom is -0.334 e. The molecule has 1 aromatic carbocycles. The Balaban J connectivity index is 1.80. The Bertz CT molecular complexity index is 558. The molecule has 3 rings (SSSR count). The number of hydrogen-bond acceptors (Lipinski definition) is 4. The van der Waals surface area contributed by atoms with Gasteiger partial charge < -0.3 is 9.84 Å². The first-order chi connectivity index (χ1) is 8.74. The third-order valence-electron chi connectivity index (χ3n) is 3.43. The van der Waals surface area contributed by atoms with E-state index in [9.17, 15) is 0 Å². The Morgan fingerprint density at radius 2 is 2.17 bits per heavy atom. The first kappa shape index (κ1) is 11.4. The van der Waals surface area contributed by atoms with Crippen LogP contribution in [0.4, 0.5) is 0 Å². The summed E-state index contributed by atoms with van der Waals surface area (Å²) in [5.41, 5.74) is 3.46. The molecule has 1 aliphatic carbocycles. The summed E-state index contributed by atoms with van der Waals surface area (Å²) in [6.07, 6.45) is 2.53. The van der Waals surface area contributed by atoms with Crippen LogP contribution in [-0.2, 0) is 6.54 Å². The summed E-state index contributed by atoms with van der Waals surface area (Å²) < 4.78 is 5.34. The number of nitrogens with zero attached hydrogens (tertiary/aromatic N) is 2. The molecule has 4 heteroatoms. The van der Waals surface area contributed by atoms with Crippen LogP contribution in [0.1, 0.15) is 29.8 Å². The van der Waals surface area contributed by atoms with Crippen LogP contribution in [0, 0.1) is 13.8 Å². The van der Waals surface area contributed by atoms with E-state index in [1.807, 2.05) is 12.1 Å². The van der Waals surface area contributed by atoms with Gasteiger partial charge in [-0.1, -0.05) is 17.3 Å². The highest BCUT2D eigenvalue weighted by Gasteiger charge is 2.21.